The molecule has 0 aliphatic heterocycles. The second-order valence-corrected chi connectivity index (χ2v) is 19.3. The van der Waals surface area contributed by atoms with Gasteiger partial charge in [0.05, 0.1) is 0 Å². The number of hydrogen-bond acceptors (Lipinski definition) is 0. The lowest BCUT2D eigenvalue weighted by Gasteiger charge is -2.16. The number of hydrogen-bond donors (Lipinski definition) is 0. The minimum absolute atomic E-state index is 0.925. The first-order chi connectivity index (χ1) is 6.33. The molecular weight excluding hydrogens is 294 g/mol. The molecule has 0 aliphatic rings. The molecule has 6 heteroatoms. The highest BCUT2D eigenvalue weighted by atomic mass is 35.7. The van der Waals surface area contributed by atoms with Gasteiger partial charge in [0.2, 0.25) is 0 Å². The lowest BCUT2D eigenvalue weighted by molar-refractivity contribution is 0.862. The van der Waals surface area contributed by atoms with Crippen molar-refractivity contribution in [3.05, 3.63) is 0 Å². The molecule has 0 saturated heterocycles. The Morgan fingerprint density at radius 1 is 0.714 bits per heavy atom. The summed E-state index contributed by atoms with van der Waals surface area (Å²) in [5, 5.41) is 0. The fourth-order valence-electron chi connectivity index (χ4n) is 1.12. The third-order valence-electron chi connectivity index (χ3n) is 2.37. The zero-order chi connectivity index (χ0) is 11.2. The summed E-state index contributed by atoms with van der Waals surface area (Å²) in [6.45, 7) is 0.292. The first-order valence-corrected chi connectivity index (χ1v) is 14.0. The van der Waals surface area contributed by atoms with Gasteiger partial charge in [0.15, 0.2) is 0 Å². The van der Waals surface area contributed by atoms with Gasteiger partial charge in [-0.3, -0.25) is 0 Å². The van der Waals surface area contributed by atoms with Gasteiger partial charge >= 0.3 is 0 Å². The molecule has 0 aliphatic carbocycles. The van der Waals surface area contributed by atoms with Crippen LogP contribution in [0.1, 0.15) is 26.7 Å². The Labute approximate surface area is 108 Å². The van der Waals surface area contributed by atoms with Crippen LogP contribution in [0.4, 0.5) is 0 Å². The fourth-order valence-corrected chi connectivity index (χ4v) is 4.97. The van der Waals surface area contributed by atoms with Crippen LogP contribution in [0.15, 0.2) is 0 Å². The first-order valence-electron chi connectivity index (χ1n) is 5.08. The van der Waals surface area contributed by atoms with Crippen LogP contribution in [0.5, 0.6) is 0 Å². The van der Waals surface area contributed by atoms with E-state index in [1.807, 2.05) is 0 Å². The summed E-state index contributed by atoms with van der Waals surface area (Å²) in [5.41, 5.74) is 0. The number of halogens is 4. The molecule has 0 fully saturated rings. The van der Waals surface area contributed by atoms with E-state index in [2.05, 4.69) is 13.8 Å². The van der Waals surface area contributed by atoms with Gasteiger partial charge in [-0.15, -0.1) is 44.3 Å². The maximum atomic E-state index is 6.15. The third-order valence-corrected chi connectivity index (χ3v) is 12.1. The summed E-state index contributed by atoms with van der Waals surface area (Å²) in [5.74, 6) is 0. The van der Waals surface area contributed by atoms with Gasteiger partial charge in [0.1, 0.15) is 0 Å². The lowest BCUT2D eigenvalue weighted by Crippen LogP contribution is -2.19. The molecule has 0 nitrogen and oxygen atoms in total. The monoisotopic (exact) mass is 310 g/mol. The highest BCUT2D eigenvalue weighted by Gasteiger charge is 2.27. The van der Waals surface area contributed by atoms with E-state index in [-0.39, 0.29) is 0 Å². The van der Waals surface area contributed by atoms with E-state index in [1.165, 1.54) is 0 Å². The Morgan fingerprint density at radius 2 is 1.00 bits per heavy atom. The maximum Gasteiger partial charge on any atom is 0.251 e. The predicted molar refractivity (Wildman–Crippen MR) is 74.7 cm³/mol. The van der Waals surface area contributed by atoms with Crippen LogP contribution < -0.4 is 0 Å². The average Bonchev–Trinajstić information content (AvgIpc) is 2.13. The van der Waals surface area contributed by atoms with E-state index < -0.39 is 13.4 Å². The van der Waals surface area contributed by atoms with Gasteiger partial charge < -0.3 is 0 Å². The third kappa shape index (κ3) is 7.83. The van der Waals surface area contributed by atoms with E-state index in [0.717, 1.165) is 37.0 Å². The van der Waals surface area contributed by atoms with Gasteiger partial charge in [-0.05, 0) is 24.2 Å². The SMILES string of the molecule is CC[Si](Cl)(Cl)CCCC[Si](Cl)(Cl)CC. The molecule has 14 heavy (non-hydrogen) atoms. The van der Waals surface area contributed by atoms with E-state index >= 15 is 0 Å². The molecule has 0 aromatic carbocycles. The van der Waals surface area contributed by atoms with Crippen LogP contribution in [0.2, 0.25) is 24.2 Å². The molecule has 0 heterocycles. The van der Waals surface area contributed by atoms with Crippen molar-refractivity contribution in [2.24, 2.45) is 0 Å². The van der Waals surface area contributed by atoms with E-state index in [9.17, 15) is 0 Å². The summed E-state index contributed by atoms with van der Waals surface area (Å²) in [6.07, 6.45) is 2.14. The molecule has 0 amide bonds. The quantitative estimate of drug-likeness (QED) is 0.324. The second kappa shape index (κ2) is 7.02. The van der Waals surface area contributed by atoms with E-state index in [1.54, 1.807) is 0 Å². The Morgan fingerprint density at radius 3 is 1.21 bits per heavy atom. The summed E-state index contributed by atoms with van der Waals surface area (Å²) in [4.78, 5) is 0. The van der Waals surface area contributed by atoms with Crippen LogP contribution in [-0.4, -0.2) is 13.4 Å². The molecule has 0 bridgehead atoms. The molecule has 86 valence electrons. The topological polar surface area (TPSA) is 0 Å². The van der Waals surface area contributed by atoms with Crippen LogP contribution in [0.25, 0.3) is 0 Å². The summed E-state index contributed by atoms with van der Waals surface area (Å²) >= 11 is 24.6. The van der Waals surface area contributed by atoms with Crippen molar-refractivity contribution >= 4 is 57.7 Å². The molecule has 0 spiro atoms. The Bertz CT molecular complexity index is 143. The van der Waals surface area contributed by atoms with Gasteiger partial charge in [-0.25, -0.2) is 0 Å². The van der Waals surface area contributed by atoms with Crippen molar-refractivity contribution in [1.29, 1.82) is 0 Å². The minimum atomic E-state index is -1.91. The standard InChI is InChI=1S/C8H18Cl4Si2/c1-3-13(9,10)7-5-6-8-14(11,12)4-2/h3-8H2,1-2H3. The van der Waals surface area contributed by atoms with Gasteiger partial charge in [-0.2, -0.15) is 0 Å². The van der Waals surface area contributed by atoms with Crippen LogP contribution >= 0.6 is 44.3 Å². The smallest absolute Gasteiger partial charge is 0.146 e. The molecule has 0 radical (unpaired) electrons. The van der Waals surface area contributed by atoms with Gasteiger partial charge in [-0.1, -0.05) is 26.7 Å². The molecule has 0 aromatic heterocycles. The van der Waals surface area contributed by atoms with Gasteiger partial charge in [0.25, 0.3) is 13.4 Å². The molecular formula is C8H18Cl4Si2. The maximum absolute atomic E-state index is 6.15. The molecule has 0 atom stereocenters. The molecule has 0 aromatic rings. The predicted octanol–water partition coefficient (Wildman–Crippen LogP) is 5.65. The average molecular weight is 312 g/mol. The van der Waals surface area contributed by atoms with Crippen molar-refractivity contribution in [3.8, 4) is 0 Å². The summed E-state index contributed by atoms with van der Waals surface area (Å²) < 4.78 is 0. The van der Waals surface area contributed by atoms with E-state index in [4.69, 9.17) is 44.3 Å². The number of rotatable bonds is 7. The zero-order valence-electron chi connectivity index (χ0n) is 8.75. The highest BCUT2D eigenvalue weighted by Crippen LogP contribution is 2.31. The van der Waals surface area contributed by atoms with Crippen LogP contribution in [-0.2, 0) is 0 Å². The Kier molecular flexibility index (Phi) is 7.82. The zero-order valence-corrected chi connectivity index (χ0v) is 13.8. The van der Waals surface area contributed by atoms with Crippen molar-refractivity contribution in [2.75, 3.05) is 0 Å². The van der Waals surface area contributed by atoms with Crippen LogP contribution in [0, 0.1) is 0 Å². The first kappa shape index (κ1) is 15.6. The number of unbranched alkanes of at least 4 members (excludes halogenated alkanes) is 1. The highest BCUT2D eigenvalue weighted by molar-refractivity contribution is 7.45. The largest absolute Gasteiger partial charge is 0.251 e. The Hall–Kier alpha value is 1.59. The molecule has 0 unspecified atom stereocenters. The summed E-state index contributed by atoms with van der Waals surface area (Å²) in [6, 6.07) is 3.78. The second-order valence-electron chi connectivity index (χ2n) is 3.63. The molecule has 0 saturated carbocycles. The van der Waals surface area contributed by atoms with Crippen molar-refractivity contribution in [1.82, 2.24) is 0 Å². The van der Waals surface area contributed by atoms with Gasteiger partial charge in [0, 0.05) is 0 Å². The Balaban J connectivity index is 3.57. The minimum Gasteiger partial charge on any atom is -0.146 e. The summed E-state index contributed by atoms with van der Waals surface area (Å²) in [7, 11) is 0. The van der Waals surface area contributed by atoms with Crippen LogP contribution in [0.3, 0.4) is 0 Å². The van der Waals surface area contributed by atoms with Crippen molar-refractivity contribution in [3.63, 3.8) is 0 Å². The normalized spacial score (nSPS) is 13.3. The molecule has 0 rings (SSSR count). The fraction of sp³-hybridized carbons (Fsp3) is 1.00. The van der Waals surface area contributed by atoms with E-state index in [0.29, 0.717) is 0 Å². The van der Waals surface area contributed by atoms with Crippen molar-refractivity contribution < 1.29 is 0 Å². The van der Waals surface area contributed by atoms with Crippen molar-refractivity contribution in [2.45, 2.75) is 50.9 Å². The lowest BCUT2D eigenvalue weighted by atomic mass is 10.4. The molecule has 0 N–H and O–H groups in total.